The lowest BCUT2D eigenvalue weighted by molar-refractivity contribution is -0.0353. The summed E-state index contributed by atoms with van der Waals surface area (Å²) in [7, 11) is 0. The van der Waals surface area contributed by atoms with Crippen molar-refractivity contribution < 1.29 is 14.2 Å². The molecule has 4 rings (SSSR count). The van der Waals surface area contributed by atoms with Crippen LogP contribution < -0.4 is 4.74 Å². The Morgan fingerprint density at radius 1 is 1.21 bits per heavy atom. The van der Waals surface area contributed by atoms with Crippen molar-refractivity contribution in [2.45, 2.75) is 51.0 Å². The van der Waals surface area contributed by atoms with Crippen LogP contribution in [0.25, 0.3) is 10.9 Å². The molecule has 0 saturated carbocycles. The molecular formula is C25H28FNO2. The molecule has 0 radical (unpaired) electrons. The number of benzene rings is 2. The van der Waals surface area contributed by atoms with Gasteiger partial charge in [0.05, 0.1) is 17.7 Å². The van der Waals surface area contributed by atoms with Crippen LogP contribution in [0, 0.1) is 11.7 Å². The van der Waals surface area contributed by atoms with Crippen molar-refractivity contribution >= 4 is 10.9 Å². The summed E-state index contributed by atoms with van der Waals surface area (Å²) < 4.78 is 19.8. The Morgan fingerprint density at radius 2 is 2.00 bits per heavy atom. The van der Waals surface area contributed by atoms with E-state index in [9.17, 15) is 9.50 Å². The first-order valence-corrected chi connectivity index (χ1v) is 10.3. The van der Waals surface area contributed by atoms with E-state index in [0.717, 1.165) is 34.2 Å². The van der Waals surface area contributed by atoms with Gasteiger partial charge in [0.15, 0.2) is 0 Å². The fourth-order valence-corrected chi connectivity index (χ4v) is 4.59. The number of nitrogens with zero attached hydrogens (tertiary/aromatic N) is 1. The van der Waals surface area contributed by atoms with Crippen LogP contribution in [0.3, 0.4) is 0 Å². The highest BCUT2D eigenvalue weighted by atomic mass is 19.1. The number of fused-ring (bicyclic) bond motifs is 2. The molecule has 1 aromatic heterocycles. The van der Waals surface area contributed by atoms with Gasteiger partial charge in [-0.2, -0.15) is 0 Å². The van der Waals surface area contributed by atoms with Gasteiger partial charge in [0.2, 0.25) is 0 Å². The van der Waals surface area contributed by atoms with Crippen molar-refractivity contribution in [3.05, 3.63) is 71.7 Å². The minimum atomic E-state index is -0.945. The van der Waals surface area contributed by atoms with Crippen LogP contribution in [0.15, 0.2) is 54.7 Å². The molecule has 2 unspecified atom stereocenters. The van der Waals surface area contributed by atoms with Crippen LogP contribution in [0.2, 0.25) is 0 Å². The molecule has 0 spiro atoms. The first kappa shape index (κ1) is 19.8. The molecule has 1 aliphatic heterocycles. The van der Waals surface area contributed by atoms with Gasteiger partial charge in [0.25, 0.3) is 0 Å². The summed E-state index contributed by atoms with van der Waals surface area (Å²) in [4.78, 5) is 4.45. The van der Waals surface area contributed by atoms with E-state index in [1.165, 1.54) is 6.07 Å². The Labute approximate surface area is 171 Å². The summed E-state index contributed by atoms with van der Waals surface area (Å²) in [6.07, 6.45) is 3.61. The zero-order valence-corrected chi connectivity index (χ0v) is 17.3. The van der Waals surface area contributed by atoms with Gasteiger partial charge < -0.3 is 9.84 Å². The van der Waals surface area contributed by atoms with E-state index in [0.29, 0.717) is 19.4 Å². The van der Waals surface area contributed by atoms with Gasteiger partial charge in [0, 0.05) is 29.0 Å². The average Bonchev–Trinajstić information content (AvgIpc) is 2.69. The predicted octanol–water partition coefficient (Wildman–Crippen LogP) is 5.43. The lowest BCUT2D eigenvalue weighted by Crippen LogP contribution is -2.45. The van der Waals surface area contributed by atoms with Crippen LogP contribution in [0.4, 0.5) is 4.39 Å². The SMILES string of the molecule is CC(C)C(O)(Cc1ccnc2ccccc12)CC1(C)CCOc2ccc(F)cc21. The maximum absolute atomic E-state index is 14.0. The number of pyridine rings is 1. The molecule has 2 aromatic carbocycles. The fraction of sp³-hybridized carbons (Fsp3) is 0.400. The molecule has 1 N–H and O–H groups in total. The smallest absolute Gasteiger partial charge is 0.123 e. The zero-order chi connectivity index (χ0) is 20.6. The first-order chi connectivity index (χ1) is 13.8. The maximum Gasteiger partial charge on any atom is 0.123 e. The Kier molecular flexibility index (Phi) is 5.07. The van der Waals surface area contributed by atoms with Crippen molar-refractivity contribution in [2.24, 2.45) is 5.92 Å². The highest BCUT2D eigenvalue weighted by Gasteiger charge is 2.43. The normalized spacial score (nSPS) is 20.9. The van der Waals surface area contributed by atoms with Crippen molar-refractivity contribution in [3.63, 3.8) is 0 Å². The number of hydrogen-bond acceptors (Lipinski definition) is 3. The van der Waals surface area contributed by atoms with Crippen molar-refractivity contribution in [1.29, 1.82) is 0 Å². The molecule has 0 aliphatic carbocycles. The first-order valence-electron chi connectivity index (χ1n) is 10.3. The third-order valence-electron chi connectivity index (χ3n) is 6.51. The summed E-state index contributed by atoms with van der Waals surface area (Å²) in [5, 5.41) is 12.9. The van der Waals surface area contributed by atoms with Gasteiger partial charge in [-0.15, -0.1) is 0 Å². The molecule has 0 bridgehead atoms. The monoisotopic (exact) mass is 393 g/mol. The molecule has 3 aromatic rings. The molecule has 4 heteroatoms. The molecule has 152 valence electrons. The third-order valence-corrected chi connectivity index (χ3v) is 6.51. The molecule has 2 atom stereocenters. The molecule has 2 heterocycles. The van der Waals surface area contributed by atoms with E-state index in [1.807, 2.05) is 24.3 Å². The van der Waals surface area contributed by atoms with Crippen LogP contribution in [-0.4, -0.2) is 22.3 Å². The topological polar surface area (TPSA) is 42.4 Å². The van der Waals surface area contributed by atoms with E-state index in [2.05, 4.69) is 31.8 Å². The van der Waals surface area contributed by atoms with Gasteiger partial charge >= 0.3 is 0 Å². The number of aliphatic hydroxyl groups is 1. The number of aromatic nitrogens is 1. The second kappa shape index (κ2) is 7.42. The molecule has 29 heavy (non-hydrogen) atoms. The maximum atomic E-state index is 14.0. The Balaban J connectivity index is 1.72. The minimum absolute atomic E-state index is 0.0334. The van der Waals surface area contributed by atoms with E-state index >= 15 is 0 Å². The summed E-state index contributed by atoms with van der Waals surface area (Å²) in [5.74, 6) is 0.486. The van der Waals surface area contributed by atoms with Crippen LogP contribution in [0.1, 0.15) is 44.7 Å². The van der Waals surface area contributed by atoms with Crippen LogP contribution in [0.5, 0.6) is 5.75 Å². The standard InChI is InChI=1S/C25H28FNO2/c1-17(2)25(28,15-18-10-12-27-22-7-5-4-6-20(18)22)16-24(3)11-13-29-23-9-8-19(26)14-21(23)24/h4-10,12,14,17,28H,11,13,15-16H2,1-3H3. The third kappa shape index (κ3) is 3.74. The molecule has 1 aliphatic rings. The lowest BCUT2D eigenvalue weighted by Gasteiger charge is -2.44. The van der Waals surface area contributed by atoms with Gasteiger partial charge in [0.1, 0.15) is 11.6 Å². The number of para-hydroxylation sites is 1. The average molecular weight is 394 g/mol. The van der Waals surface area contributed by atoms with Gasteiger partial charge in [-0.25, -0.2) is 4.39 Å². The van der Waals surface area contributed by atoms with Crippen LogP contribution >= 0.6 is 0 Å². The van der Waals surface area contributed by atoms with Crippen LogP contribution in [-0.2, 0) is 11.8 Å². The summed E-state index contributed by atoms with van der Waals surface area (Å²) in [6.45, 7) is 6.80. The number of ether oxygens (including phenoxy) is 1. The van der Waals surface area contributed by atoms with Crippen molar-refractivity contribution in [1.82, 2.24) is 4.98 Å². The van der Waals surface area contributed by atoms with E-state index < -0.39 is 5.60 Å². The number of hydrogen-bond donors (Lipinski definition) is 1. The molecule has 0 amide bonds. The van der Waals surface area contributed by atoms with Gasteiger partial charge in [-0.3, -0.25) is 4.98 Å². The Morgan fingerprint density at radius 3 is 2.79 bits per heavy atom. The molecule has 0 fully saturated rings. The summed E-state index contributed by atoms with van der Waals surface area (Å²) in [6, 6.07) is 14.7. The van der Waals surface area contributed by atoms with E-state index in [-0.39, 0.29) is 17.2 Å². The predicted molar refractivity (Wildman–Crippen MR) is 114 cm³/mol. The van der Waals surface area contributed by atoms with Crippen molar-refractivity contribution in [3.8, 4) is 5.75 Å². The van der Waals surface area contributed by atoms with Gasteiger partial charge in [-0.05, 0) is 54.7 Å². The lowest BCUT2D eigenvalue weighted by atomic mass is 9.66. The Hall–Kier alpha value is -2.46. The zero-order valence-electron chi connectivity index (χ0n) is 17.3. The van der Waals surface area contributed by atoms with Gasteiger partial charge in [-0.1, -0.05) is 39.0 Å². The quantitative estimate of drug-likeness (QED) is 0.628. The Bertz CT molecular complexity index is 1030. The number of halogens is 1. The summed E-state index contributed by atoms with van der Waals surface area (Å²) >= 11 is 0. The minimum Gasteiger partial charge on any atom is -0.493 e. The number of rotatable bonds is 5. The van der Waals surface area contributed by atoms with E-state index in [1.54, 1.807) is 18.3 Å². The molecule has 3 nitrogen and oxygen atoms in total. The van der Waals surface area contributed by atoms with Crippen molar-refractivity contribution in [2.75, 3.05) is 6.61 Å². The molecule has 0 saturated heterocycles. The second-order valence-electron chi connectivity index (χ2n) is 8.90. The highest BCUT2D eigenvalue weighted by Crippen LogP contribution is 2.46. The second-order valence-corrected chi connectivity index (χ2v) is 8.90. The highest BCUT2D eigenvalue weighted by molar-refractivity contribution is 5.81. The molecular weight excluding hydrogens is 365 g/mol. The van der Waals surface area contributed by atoms with E-state index in [4.69, 9.17) is 4.74 Å². The summed E-state index contributed by atoms with van der Waals surface area (Å²) in [5.41, 5.74) is 1.56. The largest absolute Gasteiger partial charge is 0.493 e. The fourth-order valence-electron chi connectivity index (χ4n) is 4.59.